The van der Waals surface area contributed by atoms with Crippen LogP contribution in [0.1, 0.15) is 21.5 Å². The van der Waals surface area contributed by atoms with Gasteiger partial charge in [-0.2, -0.15) is 0 Å². The summed E-state index contributed by atoms with van der Waals surface area (Å²) in [6.07, 6.45) is 1.84. The minimum Gasteiger partial charge on any atom is -0.491 e. The number of hydrazine groups is 1. The van der Waals surface area contributed by atoms with Crippen molar-refractivity contribution < 1.29 is 9.47 Å². The van der Waals surface area contributed by atoms with Crippen LogP contribution < -0.4 is 16.0 Å². The van der Waals surface area contributed by atoms with E-state index in [1.54, 1.807) is 18.4 Å². The fourth-order valence-corrected chi connectivity index (χ4v) is 2.79. The molecule has 0 aliphatic carbocycles. The molecule has 108 valence electrons. The molecular formula is C14H19N3O2S. The number of thiazole rings is 1. The summed E-state index contributed by atoms with van der Waals surface area (Å²) in [6.45, 7) is 3.03. The first-order valence-corrected chi connectivity index (χ1v) is 7.17. The van der Waals surface area contributed by atoms with Gasteiger partial charge in [-0.3, -0.25) is 5.84 Å². The van der Waals surface area contributed by atoms with E-state index in [2.05, 4.69) is 10.4 Å². The number of aryl methyl sites for hydroxylation is 1. The SMILES string of the molecule is COCCOc1ccccc1C(NN)c1cnc(C)s1. The molecule has 2 rings (SSSR count). The van der Waals surface area contributed by atoms with Gasteiger partial charge in [-0.05, 0) is 13.0 Å². The maximum atomic E-state index is 5.75. The summed E-state index contributed by atoms with van der Waals surface area (Å²) in [4.78, 5) is 5.34. The third-order valence-electron chi connectivity index (χ3n) is 2.87. The van der Waals surface area contributed by atoms with Gasteiger partial charge < -0.3 is 9.47 Å². The van der Waals surface area contributed by atoms with Crippen LogP contribution in [0.5, 0.6) is 5.75 Å². The fourth-order valence-electron chi connectivity index (χ4n) is 1.92. The van der Waals surface area contributed by atoms with E-state index in [0.29, 0.717) is 13.2 Å². The molecule has 0 aliphatic heterocycles. The first-order valence-electron chi connectivity index (χ1n) is 6.35. The van der Waals surface area contributed by atoms with Crippen molar-refractivity contribution >= 4 is 11.3 Å². The van der Waals surface area contributed by atoms with Gasteiger partial charge in [-0.1, -0.05) is 18.2 Å². The van der Waals surface area contributed by atoms with Crippen molar-refractivity contribution in [3.8, 4) is 5.75 Å². The minimum absolute atomic E-state index is 0.125. The summed E-state index contributed by atoms with van der Waals surface area (Å²) in [7, 11) is 1.65. The smallest absolute Gasteiger partial charge is 0.124 e. The molecule has 0 aliphatic rings. The van der Waals surface area contributed by atoms with Gasteiger partial charge in [0, 0.05) is 23.7 Å². The molecule has 0 saturated carbocycles. The molecule has 1 unspecified atom stereocenters. The number of para-hydroxylation sites is 1. The van der Waals surface area contributed by atoms with Crippen LogP contribution in [-0.4, -0.2) is 25.3 Å². The predicted octanol–water partition coefficient (Wildman–Crippen LogP) is 2.03. The van der Waals surface area contributed by atoms with E-state index in [4.69, 9.17) is 15.3 Å². The van der Waals surface area contributed by atoms with Crippen molar-refractivity contribution in [1.82, 2.24) is 10.4 Å². The lowest BCUT2D eigenvalue weighted by molar-refractivity contribution is 0.145. The molecule has 3 N–H and O–H groups in total. The van der Waals surface area contributed by atoms with E-state index in [-0.39, 0.29) is 6.04 Å². The van der Waals surface area contributed by atoms with Crippen LogP contribution in [0.15, 0.2) is 30.5 Å². The zero-order valence-electron chi connectivity index (χ0n) is 11.6. The fraction of sp³-hybridized carbons (Fsp3) is 0.357. The molecule has 2 aromatic rings. The highest BCUT2D eigenvalue weighted by Gasteiger charge is 2.18. The normalized spacial score (nSPS) is 12.3. The molecule has 5 nitrogen and oxygen atoms in total. The van der Waals surface area contributed by atoms with E-state index >= 15 is 0 Å². The van der Waals surface area contributed by atoms with Crippen LogP contribution in [-0.2, 0) is 4.74 Å². The molecule has 0 fully saturated rings. The molecule has 0 saturated heterocycles. The second-order valence-electron chi connectivity index (χ2n) is 4.26. The Hall–Kier alpha value is -1.47. The summed E-state index contributed by atoms with van der Waals surface area (Å²) in [5, 5.41) is 1.01. The predicted molar refractivity (Wildman–Crippen MR) is 79.8 cm³/mol. The van der Waals surface area contributed by atoms with Crippen LogP contribution in [0.4, 0.5) is 0 Å². The second-order valence-corrected chi connectivity index (χ2v) is 5.53. The lowest BCUT2D eigenvalue weighted by Crippen LogP contribution is -2.28. The highest BCUT2D eigenvalue weighted by molar-refractivity contribution is 7.11. The summed E-state index contributed by atoms with van der Waals surface area (Å²) >= 11 is 1.62. The molecule has 1 aromatic heterocycles. The highest BCUT2D eigenvalue weighted by Crippen LogP contribution is 2.32. The molecule has 1 atom stereocenters. The van der Waals surface area contributed by atoms with Crippen molar-refractivity contribution in [1.29, 1.82) is 0 Å². The summed E-state index contributed by atoms with van der Waals surface area (Å²) < 4.78 is 10.8. The number of hydrogen-bond acceptors (Lipinski definition) is 6. The Labute approximate surface area is 122 Å². The second kappa shape index (κ2) is 7.35. The van der Waals surface area contributed by atoms with E-state index in [9.17, 15) is 0 Å². The molecule has 0 amide bonds. The van der Waals surface area contributed by atoms with Gasteiger partial charge in [0.2, 0.25) is 0 Å². The molecule has 0 bridgehead atoms. The summed E-state index contributed by atoms with van der Waals surface area (Å²) in [6, 6.07) is 7.72. The number of benzene rings is 1. The average molecular weight is 293 g/mol. The Morgan fingerprint density at radius 3 is 2.80 bits per heavy atom. The van der Waals surface area contributed by atoms with Gasteiger partial charge in [0.1, 0.15) is 12.4 Å². The number of nitrogens with one attached hydrogen (secondary N) is 1. The van der Waals surface area contributed by atoms with Crippen molar-refractivity contribution in [2.75, 3.05) is 20.3 Å². The maximum Gasteiger partial charge on any atom is 0.124 e. The Morgan fingerprint density at radius 2 is 2.15 bits per heavy atom. The number of ether oxygens (including phenoxy) is 2. The van der Waals surface area contributed by atoms with E-state index in [0.717, 1.165) is 21.2 Å². The van der Waals surface area contributed by atoms with E-state index in [1.165, 1.54) is 0 Å². The molecule has 6 heteroatoms. The number of nitrogens with zero attached hydrogens (tertiary/aromatic N) is 1. The number of aromatic nitrogens is 1. The van der Waals surface area contributed by atoms with Gasteiger partial charge in [0.15, 0.2) is 0 Å². The Balaban J connectivity index is 2.25. The van der Waals surface area contributed by atoms with Gasteiger partial charge in [-0.25, -0.2) is 10.4 Å². The van der Waals surface area contributed by atoms with Crippen molar-refractivity contribution in [2.45, 2.75) is 13.0 Å². The lowest BCUT2D eigenvalue weighted by Gasteiger charge is -2.18. The van der Waals surface area contributed by atoms with Crippen LogP contribution in [0.25, 0.3) is 0 Å². The third-order valence-corrected chi connectivity index (χ3v) is 3.84. The molecule has 1 aromatic carbocycles. The van der Waals surface area contributed by atoms with Crippen molar-refractivity contribution in [3.05, 3.63) is 45.9 Å². The molecule has 1 heterocycles. The lowest BCUT2D eigenvalue weighted by atomic mass is 10.1. The molecule has 0 spiro atoms. The van der Waals surface area contributed by atoms with Gasteiger partial charge >= 0.3 is 0 Å². The van der Waals surface area contributed by atoms with E-state index in [1.807, 2.05) is 37.4 Å². The quantitative estimate of drug-likeness (QED) is 0.464. The Bertz CT molecular complexity index is 545. The largest absolute Gasteiger partial charge is 0.491 e. The average Bonchev–Trinajstić information content (AvgIpc) is 2.88. The minimum atomic E-state index is -0.125. The summed E-state index contributed by atoms with van der Waals surface area (Å²) in [5.41, 5.74) is 3.83. The maximum absolute atomic E-state index is 5.75. The molecule has 0 radical (unpaired) electrons. The van der Waals surface area contributed by atoms with Gasteiger partial charge in [-0.15, -0.1) is 11.3 Å². The number of rotatable bonds is 7. The van der Waals surface area contributed by atoms with Crippen molar-refractivity contribution in [3.63, 3.8) is 0 Å². The molecular weight excluding hydrogens is 274 g/mol. The van der Waals surface area contributed by atoms with Crippen LogP contribution in [0.3, 0.4) is 0 Å². The Kier molecular flexibility index (Phi) is 5.49. The van der Waals surface area contributed by atoms with Gasteiger partial charge in [0.25, 0.3) is 0 Å². The standard InChI is InChI=1S/C14H19N3O2S/c1-10-16-9-13(20-10)14(17-15)11-5-3-4-6-12(11)19-8-7-18-2/h3-6,9,14,17H,7-8,15H2,1-2H3. The third kappa shape index (κ3) is 3.55. The first kappa shape index (κ1) is 14.9. The zero-order valence-corrected chi connectivity index (χ0v) is 12.4. The first-order chi connectivity index (χ1) is 9.76. The number of hydrogen-bond donors (Lipinski definition) is 2. The van der Waals surface area contributed by atoms with Crippen LogP contribution >= 0.6 is 11.3 Å². The monoisotopic (exact) mass is 293 g/mol. The summed E-state index contributed by atoms with van der Waals surface area (Å²) in [5.74, 6) is 6.52. The van der Waals surface area contributed by atoms with Crippen LogP contribution in [0, 0.1) is 6.92 Å². The van der Waals surface area contributed by atoms with Gasteiger partial charge in [0.05, 0.1) is 17.7 Å². The zero-order chi connectivity index (χ0) is 14.4. The number of nitrogens with two attached hydrogens (primary N) is 1. The van der Waals surface area contributed by atoms with E-state index < -0.39 is 0 Å². The van der Waals surface area contributed by atoms with Crippen molar-refractivity contribution in [2.24, 2.45) is 5.84 Å². The Morgan fingerprint density at radius 1 is 1.35 bits per heavy atom. The van der Waals surface area contributed by atoms with Crippen LogP contribution in [0.2, 0.25) is 0 Å². The highest BCUT2D eigenvalue weighted by atomic mass is 32.1. The topological polar surface area (TPSA) is 69.4 Å². The molecule has 20 heavy (non-hydrogen) atoms. The number of methoxy groups -OCH3 is 1.